The van der Waals surface area contributed by atoms with Crippen LogP contribution in [0.5, 0.6) is 0 Å². The molecule has 0 bridgehead atoms. The number of benzene rings is 2. The number of urea groups is 1. The fourth-order valence-electron chi connectivity index (χ4n) is 2.56. The van der Waals surface area contributed by atoms with Gasteiger partial charge in [0.1, 0.15) is 0 Å². The van der Waals surface area contributed by atoms with Gasteiger partial charge in [-0.15, -0.1) is 0 Å². The third kappa shape index (κ3) is 3.33. The Kier molecular flexibility index (Phi) is 4.40. The van der Waals surface area contributed by atoms with Crippen molar-refractivity contribution in [3.8, 4) is 0 Å². The van der Waals surface area contributed by atoms with Gasteiger partial charge in [0, 0.05) is 5.69 Å². The normalized spacial score (nSPS) is 13.9. The van der Waals surface area contributed by atoms with E-state index in [0.717, 1.165) is 16.8 Å². The second-order valence-electron chi connectivity index (χ2n) is 5.56. The number of carbonyl (C=O) groups is 2. The van der Waals surface area contributed by atoms with Gasteiger partial charge in [0.2, 0.25) is 5.91 Å². The van der Waals surface area contributed by atoms with Crippen molar-refractivity contribution in [1.29, 1.82) is 0 Å². The molecular formula is C17H15ClFN3O2. The molecule has 0 radical (unpaired) electrons. The molecule has 1 unspecified atom stereocenters. The van der Waals surface area contributed by atoms with Crippen LogP contribution in [0.25, 0.3) is 0 Å². The van der Waals surface area contributed by atoms with E-state index in [1.807, 2.05) is 18.2 Å². The number of fused-ring (bicyclic) bond motifs is 1. The van der Waals surface area contributed by atoms with Crippen LogP contribution in [0.2, 0.25) is 5.02 Å². The summed E-state index contributed by atoms with van der Waals surface area (Å²) in [6, 6.07) is 9.04. The molecule has 124 valence electrons. The van der Waals surface area contributed by atoms with Crippen molar-refractivity contribution in [3.63, 3.8) is 0 Å². The molecule has 3 rings (SSSR count). The standard InChI is InChI=1S/C17H15ClFN3O2/c1-9(10-5-6-13-11(7-10)8-15(23)21-13)20-17(24)22-14-4-2-3-12(18)16(14)19/h2-7,9H,8H2,1H3,(H,21,23)(H2,20,22,24). The fourth-order valence-corrected chi connectivity index (χ4v) is 2.73. The SMILES string of the molecule is CC(NC(=O)Nc1cccc(Cl)c1F)c1ccc2c(c1)CC(=O)N2. The molecule has 0 saturated carbocycles. The first kappa shape index (κ1) is 16.3. The fraction of sp³-hybridized carbons (Fsp3) is 0.176. The Labute approximate surface area is 143 Å². The van der Waals surface area contributed by atoms with E-state index in [2.05, 4.69) is 16.0 Å². The number of nitrogens with one attached hydrogen (secondary N) is 3. The van der Waals surface area contributed by atoms with Gasteiger partial charge in [-0.25, -0.2) is 9.18 Å². The average Bonchev–Trinajstić information content (AvgIpc) is 2.90. The van der Waals surface area contributed by atoms with Gasteiger partial charge in [-0.05, 0) is 36.2 Å². The topological polar surface area (TPSA) is 70.2 Å². The lowest BCUT2D eigenvalue weighted by Gasteiger charge is -2.16. The second-order valence-corrected chi connectivity index (χ2v) is 5.97. The van der Waals surface area contributed by atoms with Crippen molar-refractivity contribution in [2.45, 2.75) is 19.4 Å². The van der Waals surface area contributed by atoms with E-state index in [9.17, 15) is 14.0 Å². The van der Waals surface area contributed by atoms with Gasteiger partial charge in [-0.3, -0.25) is 4.79 Å². The molecule has 2 aromatic carbocycles. The first-order chi connectivity index (χ1) is 11.4. The van der Waals surface area contributed by atoms with E-state index < -0.39 is 11.8 Å². The highest BCUT2D eigenvalue weighted by Gasteiger charge is 2.19. The van der Waals surface area contributed by atoms with Crippen LogP contribution in [0.1, 0.15) is 24.1 Å². The average molecular weight is 348 g/mol. The third-order valence-electron chi connectivity index (χ3n) is 3.80. The van der Waals surface area contributed by atoms with Crippen LogP contribution in [-0.4, -0.2) is 11.9 Å². The molecule has 0 saturated heterocycles. The number of rotatable bonds is 3. The Hall–Kier alpha value is -2.60. The predicted molar refractivity (Wildman–Crippen MR) is 90.8 cm³/mol. The Morgan fingerprint density at radius 1 is 1.33 bits per heavy atom. The molecule has 1 aliphatic heterocycles. The van der Waals surface area contributed by atoms with Gasteiger partial charge < -0.3 is 16.0 Å². The summed E-state index contributed by atoms with van der Waals surface area (Å²) in [6.07, 6.45) is 0.329. The van der Waals surface area contributed by atoms with E-state index in [1.54, 1.807) is 13.0 Å². The molecular weight excluding hydrogens is 333 g/mol. The lowest BCUT2D eigenvalue weighted by molar-refractivity contribution is -0.115. The molecule has 1 atom stereocenters. The Bertz CT molecular complexity index is 825. The van der Waals surface area contributed by atoms with E-state index in [0.29, 0.717) is 6.42 Å². The maximum atomic E-state index is 13.8. The highest BCUT2D eigenvalue weighted by molar-refractivity contribution is 6.31. The van der Waals surface area contributed by atoms with Crippen molar-refractivity contribution >= 4 is 34.9 Å². The molecule has 7 heteroatoms. The zero-order valence-corrected chi connectivity index (χ0v) is 13.6. The molecule has 1 heterocycles. The largest absolute Gasteiger partial charge is 0.331 e. The van der Waals surface area contributed by atoms with E-state index in [-0.39, 0.29) is 22.7 Å². The number of hydrogen-bond donors (Lipinski definition) is 3. The molecule has 24 heavy (non-hydrogen) atoms. The monoisotopic (exact) mass is 347 g/mol. The van der Waals surface area contributed by atoms with Gasteiger partial charge in [0.05, 0.1) is 23.2 Å². The Balaban J connectivity index is 1.67. The van der Waals surface area contributed by atoms with Crippen molar-refractivity contribution in [2.75, 3.05) is 10.6 Å². The summed E-state index contributed by atoms with van der Waals surface area (Å²) in [7, 11) is 0. The van der Waals surface area contributed by atoms with Crippen molar-refractivity contribution in [2.24, 2.45) is 0 Å². The van der Waals surface area contributed by atoms with Crippen molar-refractivity contribution < 1.29 is 14.0 Å². The van der Waals surface area contributed by atoms with E-state index >= 15 is 0 Å². The summed E-state index contributed by atoms with van der Waals surface area (Å²) in [4.78, 5) is 23.4. The summed E-state index contributed by atoms with van der Waals surface area (Å²) in [5.74, 6) is -0.721. The molecule has 2 aromatic rings. The van der Waals surface area contributed by atoms with Crippen LogP contribution in [0.4, 0.5) is 20.6 Å². The second kappa shape index (κ2) is 6.49. The summed E-state index contributed by atoms with van der Waals surface area (Å²) < 4.78 is 13.8. The maximum absolute atomic E-state index is 13.8. The quantitative estimate of drug-likeness (QED) is 0.789. The lowest BCUT2D eigenvalue weighted by atomic mass is 10.0. The van der Waals surface area contributed by atoms with Crippen LogP contribution in [-0.2, 0) is 11.2 Å². The minimum atomic E-state index is -0.677. The van der Waals surface area contributed by atoms with Crippen LogP contribution >= 0.6 is 11.6 Å². The zero-order chi connectivity index (χ0) is 17.3. The molecule has 0 aromatic heterocycles. The van der Waals surface area contributed by atoms with Crippen LogP contribution < -0.4 is 16.0 Å². The molecule has 1 aliphatic rings. The number of hydrogen-bond acceptors (Lipinski definition) is 2. The zero-order valence-electron chi connectivity index (χ0n) is 12.8. The molecule has 5 nitrogen and oxygen atoms in total. The Morgan fingerprint density at radius 3 is 2.92 bits per heavy atom. The predicted octanol–water partition coefficient (Wildman–Crippen LogP) is 3.86. The lowest BCUT2D eigenvalue weighted by Crippen LogP contribution is -2.31. The minimum absolute atomic E-state index is 0.0101. The first-order valence-corrected chi connectivity index (χ1v) is 7.76. The summed E-state index contributed by atoms with van der Waals surface area (Å²) in [5, 5.41) is 7.86. The molecule has 3 amide bonds. The van der Waals surface area contributed by atoms with Gasteiger partial charge >= 0.3 is 6.03 Å². The van der Waals surface area contributed by atoms with Gasteiger partial charge in [0.25, 0.3) is 0 Å². The van der Waals surface area contributed by atoms with Crippen LogP contribution in [0.15, 0.2) is 36.4 Å². The van der Waals surface area contributed by atoms with E-state index in [1.165, 1.54) is 12.1 Å². The van der Waals surface area contributed by atoms with Gasteiger partial charge in [-0.2, -0.15) is 0 Å². The van der Waals surface area contributed by atoms with Gasteiger partial charge in [0.15, 0.2) is 5.82 Å². The van der Waals surface area contributed by atoms with Crippen LogP contribution in [0.3, 0.4) is 0 Å². The minimum Gasteiger partial charge on any atom is -0.331 e. The summed E-state index contributed by atoms with van der Waals surface area (Å²) in [5.41, 5.74) is 2.55. The smallest absolute Gasteiger partial charge is 0.319 e. The highest BCUT2D eigenvalue weighted by atomic mass is 35.5. The highest BCUT2D eigenvalue weighted by Crippen LogP contribution is 2.26. The van der Waals surface area contributed by atoms with Crippen molar-refractivity contribution in [1.82, 2.24) is 5.32 Å². The van der Waals surface area contributed by atoms with Crippen LogP contribution in [0, 0.1) is 5.82 Å². The number of anilines is 2. The maximum Gasteiger partial charge on any atom is 0.319 e. The molecule has 0 aliphatic carbocycles. The van der Waals surface area contributed by atoms with E-state index in [4.69, 9.17) is 11.6 Å². The molecule has 0 spiro atoms. The first-order valence-electron chi connectivity index (χ1n) is 7.38. The number of halogens is 2. The Morgan fingerprint density at radius 2 is 2.12 bits per heavy atom. The summed E-state index contributed by atoms with van der Waals surface area (Å²) >= 11 is 5.68. The van der Waals surface area contributed by atoms with Crippen molar-refractivity contribution in [3.05, 3.63) is 58.4 Å². The molecule has 0 fully saturated rings. The number of carbonyl (C=O) groups excluding carboxylic acids is 2. The third-order valence-corrected chi connectivity index (χ3v) is 4.09. The summed E-state index contributed by atoms with van der Waals surface area (Å²) in [6.45, 7) is 1.81. The molecule has 3 N–H and O–H groups in total. The number of amides is 3. The van der Waals surface area contributed by atoms with Gasteiger partial charge in [-0.1, -0.05) is 29.8 Å².